The van der Waals surface area contributed by atoms with Crippen molar-refractivity contribution in [2.24, 2.45) is 5.92 Å². The molecule has 1 unspecified atom stereocenters. The Hall–Kier alpha value is -1.46. The molecule has 1 N–H and O–H groups in total. The third kappa shape index (κ3) is 4.02. The first kappa shape index (κ1) is 15.9. The summed E-state index contributed by atoms with van der Waals surface area (Å²) in [6.07, 6.45) is 0.912. The summed E-state index contributed by atoms with van der Waals surface area (Å²) in [4.78, 5) is 11.6. The first-order valence-electron chi connectivity index (χ1n) is 6.91. The van der Waals surface area contributed by atoms with E-state index in [1.165, 1.54) is 26.0 Å². The van der Waals surface area contributed by atoms with Crippen molar-refractivity contribution < 1.29 is 24.1 Å². The third-order valence-electron chi connectivity index (χ3n) is 3.26. The number of carbonyl (C=O) groups excluding carboxylic acids is 1. The number of methoxy groups -OCH3 is 1. The van der Waals surface area contributed by atoms with E-state index in [1.54, 1.807) is 13.0 Å². The van der Waals surface area contributed by atoms with Gasteiger partial charge in [-0.25, -0.2) is 4.79 Å². The van der Waals surface area contributed by atoms with Gasteiger partial charge in [0.15, 0.2) is 17.6 Å². The normalized spacial score (nSPS) is 15.4. The molecule has 0 saturated heterocycles. The van der Waals surface area contributed by atoms with E-state index >= 15 is 0 Å². The number of halogens is 1. The maximum Gasteiger partial charge on any atom is 0.339 e. The first-order chi connectivity index (χ1) is 10.1. The molecule has 0 amide bonds. The van der Waals surface area contributed by atoms with Gasteiger partial charge in [0.2, 0.25) is 0 Å². The van der Waals surface area contributed by atoms with Crippen molar-refractivity contribution in [3.63, 3.8) is 0 Å². The summed E-state index contributed by atoms with van der Waals surface area (Å²) in [6.45, 7) is 2.47. The zero-order valence-corrected chi connectivity index (χ0v) is 12.9. The first-order valence-corrected chi connectivity index (χ1v) is 7.29. The summed E-state index contributed by atoms with van der Waals surface area (Å²) in [7, 11) is 1.49. The van der Waals surface area contributed by atoms with Gasteiger partial charge >= 0.3 is 5.97 Å². The average molecular weight is 315 g/mol. The van der Waals surface area contributed by atoms with Crippen LogP contribution < -0.4 is 9.47 Å². The highest BCUT2D eigenvalue weighted by Crippen LogP contribution is 2.38. The smallest absolute Gasteiger partial charge is 0.339 e. The van der Waals surface area contributed by atoms with Crippen LogP contribution in [0, 0.1) is 5.92 Å². The SMILES string of the molecule is CCOC(=O)C(O)c1cc(OC)c(OCC2CC2)cc1Cl. The molecule has 1 fully saturated rings. The Morgan fingerprint density at radius 1 is 1.43 bits per heavy atom. The molecule has 1 aromatic rings. The zero-order valence-electron chi connectivity index (χ0n) is 12.1. The number of benzene rings is 1. The summed E-state index contributed by atoms with van der Waals surface area (Å²) in [6, 6.07) is 3.06. The van der Waals surface area contributed by atoms with E-state index in [4.69, 9.17) is 25.8 Å². The van der Waals surface area contributed by atoms with Gasteiger partial charge in [-0.1, -0.05) is 11.6 Å². The second kappa shape index (κ2) is 7.00. The highest BCUT2D eigenvalue weighted by molar-refractivity contribution is 6.31. The number of aliphatic hydroxyl groups excluding tert-OH is 1. The molecular weight excluding hydrogens is 296 g/mol. The van der Waals surface area contributed by atoms with Gasteiger partial charge in [0.05, 0.1) is 25.3 Å². The van der Waals surface area contributed by atoms with E-state index in [0.717, 1.165) is 0 Å². The van der Waals surface area contributed by atoms with Crippen LogP contribution in [0.3, 0.4) is 0 Å². The lowest BCUT2D eigenvalue weighted by Gasteiger charge is -2.16. The van der Waals surface area contributed by atoms with Crippen molar-refractivity contribution in [3.8, 4) is 11.5 Å². The quantitative estimate of drug-likeness (QED) is 0.784. The lowest BCUT2D eigenvalue weighted by molar-refractivity contribution is -0.153. The van der Waals surface area contributed by atoms with Gasteiger partial charge in [-0.3, -0.25) is 0 Å². The minimum absolute atomic E-state index is 0.188. The minimum Gasteiger partial charge on any atom is -0.493 e. The molecule has 1 aliphatic carbocycles. The molecule has 1 atom stereocenters. The van der Waals surface area contributed by atoms with E-state index in [-0.39, 0.29) is 17.2 Å². The maximum absolute atomic E-state index is 11.6. The van der Waals surface area contributed by atoms with Crippen molar-refractivity contribution in [2.75, 3.05) is 20.3 Å². The van der Waals surface area contributed by atoms with Crippen LogP contribution in [0.15, 0.2) is 12.1 Å². The second-order valence-electron chi connectivity index (χ2n) is 4.93. The number of rotatable bonds is 7. The largest absolute Gasteiger partial charge is 0.493 e. The van der Waals surface area contributed by atoms with Crippen molar-refractivity contribution in [1.82, 2.24) is 0 Å². The van der Waals surface area contributed by atoms with Gasteiger partial charge in [-0.2, -0.15) is 0 Å². The summed E-state index contributed by atoms with van der Waals surface area (Å²) >= 11 is 6.13. The predicted molar refractivity (Wildman–Crippen MR) is 77.8 cm³/mol. The fourth-order valence-electron chi connectivity index (χ4n) is 1.87. The molecule has 116 valence electrons. The molecule has 0 bridgehead atoms. The Morgan fingerprint density at radius 3 is 2.71 bits per heavy atom. The maximum atomic E-state index is 11.6. The molecule has 0 spiro atoms. The van der Waals surface area contributed by atoms with E-state index in [9.17, 15) is 9.90 Å². The van der Waals surface area contributed by atoms with Crippen LogP contribution in [-0.2, 0) is 9.53 Å². The van der Waals surface area contributed by atoms with Crippen molar-refractivity contribution in [1.29, 1.82) is 0 Å². The molecule has 1 aliphatic rings. The summed E-state index contributed by atoms with van der Waals surface area (Å²) in [5.41, 5.74) is 0.241. The highest BCUT2D eigenvalue weighted by Gasteiger charge is 2.25. The van der Waals surface area contributed by atoms with Gasteiger partial charge in [-0.15, -0.1) is 0 Å². The van der Waals surface area contributed by atoms with E-state index in [0.29, 0.717) is 24.0 Å². The van der Waals surface area contributed by atoms with Crippen LogP contribution >= 0.6 is 11.6 Å². The Morgan fingerprint density at radius 2 is 2.14 bits per heavy atom. The van der Waals surface area contributed by atoms with Crippen LogP contribution in [0.4, 0.5) is 0 Å². The van der Waals surface area contributed by atoms with Gasteiger partial charge < -0.3 is 19.3 Å². The van der Waals surface area contributed by atoms with E-state index in [1.807, 2.05) is 0 Å². The van der Waals surface area contributed by atoms with Gasteiger partial charge in [0.1, 0.15) is 0 Å². The number of aliphatic hydroxyl groups is 1. The molecule has 0 heterocycles. The number of hydrogen-bond donors (Lipinski definition) is 1. The summed E-state index contributed by atoms with van der Waals surface area (Å²) < 4.78 is 15.7. The van der Waals surface area contributed by atoms with Gasteiger partial charge in [0, 0.05) is 11.6 Å². The Bertz CT molecular complexity index is 513. The molecule has 6 heteroatoms. The number of carbonyl (C=O) groups is 1. The van der Waals surface area contributed by atoms with Crippen LogP contribution in [0.1, 0.15) is 31.4 Å². The zero-order chi connectivity index (χ0) is 15.4. The molecule has 0 aromatic heterocycles. The Balaban J connectivity index is 2.19. The molecule has 21 heavy (non-hydrogen) atoms. The van der Waals surface area contributed by atoms with Crippen LogP contribution in [-0.4, -0.2) is 31.4 Å². The fraction of sp³-hybridized carbons (Fsp3) is 0.533. The topological polar surface area (TPSA) is 65.0 Å². The number of hydrogen-bond acceptors (Lipinski definition) is 5. The standard InChI is InChI=1S/C15H19ClO5/c1-3-20-15(18)14(17)10-6-12(19-2)13(7-11(10)16)21-8-9-4-5-9/h6-7,9,14,17H,3-5,8H2,1-2H3. The lowest BCUT2D eigenvalue weighted by Crippen LogP contribution is -2.16. The fourth-order valence-corrected chi connectivity index (χ4v) is 2.13. The number of esters is 1. The third-order valence-corrected chi connectivity index (χ3v) is 3.59. The van der Waals surface area contributed by atoms with E-state index < -0.39 is 12.1 Å². The molecular formula is C15H19ClO5. The highest BCUT2D eigenvalue weighted by atomic mass is 35.5. The van der Waals surface area contributed by atoms with Gasteiger partial charge in [-0.05, 0) is 31.7 Å². The molecule has 2 rings (SSSR count). The molecule has 1 aromatic carbocycles. The summed E-state index contributed by atoms with van der Waals surface area (Å²) in [5.74, 6) is 0.791. The summed E-state index contributed by atoms with van der Waals surface area (Å²) in [5, 5.41) is 10.2. The lowest BCUT2D eigenvalue weighted by atomic mass is 10.1. The minimum atomic E-state index is -1.44. The van der Waals surface area contributed by atoms with Crippen LogP contribution in [0.25, 0.3) is 0 Å². The number of ether oxygens (including phenoxy) is 3. The van der Waals surface area contributed by atoms with Crippen molar-refractivity contribution >= 4 is 17.6 Å². The van der Waals surface area contributed by atoms with Crippen LogP contribution in [0.5, 0.6) is 11.5 Å². The predicted octanol–water partition coefficient (Wildman–Crippen LogP) is 2.73. The van der Waals surface area contributed by atoms with E-state index in [2.05, 4.69) is 0 Å². The van der Waals surface area contributed by atoms with Gasteiger partial charge in [0.25, 0.3) is 0 Å². The average Bonchev–Trinajstić information content (AvgIpc) is 3.29. The Labute approximate surface area is 128 Å². The molecule has 5 nitrogen and oxygen atoms in total. The van der Waals surface area contributed by atoms with Crippen molar-refractivity contribution in [2.45, 2.75) is 25.9 Å². The second-order valence-corrected chi connectivity index (χ2v) is 5.34. The Kier molecular flexibility index (Phi) is 5.31. The molecule has 1 saturated carbocycles. The monoisotopic (exact) mass is 314 g/mol. The molecule has 0 radical (unpaired) electrons. The molecule has 0 aliphatic heterocycles. The van der Waals surface area contributed by atoms with Crippen molar-refractivity contribution in [3.05, 3.63) is 22.7 Å². The van der Waals surface area contributed by atoms with Crippen LogP contribution in [0.2, 0.25) is 5.02 Å².